The Morgan fingerprint density at radius 1 is 1.04 bits per heavy atom. The molecule has 0 bridgehead atoms. The molecule has 1 aromatic carbocycles. The van der Waals surface area contributed by atoms with Gasteiger partial charge in [0.05, 0.1) is 13.0 Å². The predicted molar refractivity (Wildman–Crippen MR) is 101 cm³/mol. The summed E-state index contributed by atoms with van der Waals surface area (Å²) in [4.78, 5) is 28.3. The van der Waals surface area contributed by atoms with Crippen LogP contribution in [0.2, 0.25) is 0 Å². The molecule has 3 rings (SSSR count). The highest BCUT2D eigenvalue weighted by Crippen LogP contribution is 2.26. The van der Waals surface area contributed by atoms with E-state index in [2.05, 4.69) is 12.1 Å². The monoisotopic (exact) mass is 358 g/mol. The van der Waals surface area contributed by atoms with E-state index >= 15 is 0 Å². The Kier molecular flexibility index (Phi) is 6.17. The van der Waals surface area contributed by atoms with Crippen molar-refractivity contribution in [1.82, 2.24) is 9.80 Å². The van der Waals surface area contributed by atoms with E-state index in [1.165, 1.54) is 5.56 Å². The number of piperidine rings is 2. The Morgan fingerprint density at radius 3 is 2.35 bits per heavy atom. The molecule has 0 spiro atoms. The summed E-state index contributed by atoms with van der Waals surface area (Å²) < 4.78 is 5.21. The first-order chi connectivity index (χ1) is 12.6. The van der Waals surface area contributed by atoms with E-state index in [1.54, 1.807) is 14.0 Å². The molecule has 5 nitrogen and oxygen atoms in total. The van der Waals surface area contributed by atoms with Gasteiger partial charge in [0, 0.05) is 33.1 Å². The second-order valence-electron chi connectivity index (χ2n) is 7.63. The number of rotatable bonds is 4. The van der Waals surface area contributed by atoms with Crippen molar-refractivity contribution >= 4 is 11.8 Å². The van der Waals surface area contributed by atoms with Crippen molar-refractivity contribution in [3.05, 3.63) is 29.8 Å². The molecule has 2 aliphatic heterocycles. The number of likely N-dealkylation sites (tertiary alicyclic amines) is 2. The Morgan fingerprint density at radius 2 is 1.73 bits per heavy atom. The highest BCUT2D eigenvalue weighted by molar-refractivity contribution is 5.81. The molecule has 0 N–H and O–H groups in total. The molecule has 0 aliphatic carbocycles. The van der Waals surface area contributed by atoms with Crippen LogP contribution < -0.4 is 4.74 Å². The Labute approximate surface area is 156 Å². The van der Waals surface area contributed by atoms with Gasteiger partial charge in [-0.15, -0.1) is 0 Å². The third-order valence-electron chi connectivity index (χ3n) is 5.83. The molecule has 2 aliphatic rings. The molecular weight excluding hydrogens is 328 g/mol. The first kappa shape index (κ1) is 18.7. The summed E-state index contributed by atoms with van der Waals surface area (Å²) in [5.41, 5.74) is 1.33. The first-order valence-electron chi connectivity index (χ1n) is 9.74. The summed E-state index contributed by atoms with van der Waals surface area (Å²) in [6, 6.07) is 8.29. The lowest BCUT2D eigenvalue weighted by Gasteiger charge is -2.37. The lowest BCUT2D eigenvalue weighted by Crippen LogP contribution is -2.48. The van der Waals surface area contributed by atoms with Gasteiger partial charge in [0.25, 0.3) is 0 Å². The van der Waals surface area contributed by atoms with E-state index in [4.69, 9.17) is 4.74 Å². The van der Waals surface area contributed by atoms with Crippen molar-refractivity contribution in [2.75, 3.05) is 33.3 Å². The average Bonchev–Trinajstić information content (AvgIpc) is 2.68. The van der Waals surface area contributed by atoms with Crippen LogP contribution in [0.5, 0.6) is 5.75 Å². The van der Waals surface area contributed by atoms with Gasteiger partial charge in [0.2, 0.25) is 11.8 Å². The SMILES string of the molecule is COc1ccc(CC2CCN(C(=O)[C@@H]3CCCN(C(C)=O)C3)CC2)cc1. The van der Waals surface area contributed by atoms with Crippen molar-refractivity contribution in [3.8, 4) is 5.75 Å². The van der Waals surface area contributed by atoms with E-state index in [0.717, 1.165) is 57.5 Å². The van der Waals surface area contributed by atoms with Gasteiger partial charge in [-0.2, -0.15) is 0 Å². The van der Waals surface area contributed by atoms with Crippen LogP contribution in [0, 0.1) is 11.8 Å². The molecule has 2 amide bonds. The topological polar surface area (TPSA) is 49.9 Å². The minimum Gasteiger partial charge on any atom is -0.497 e. The summed E-state index contributed by atoms with van der Waals surface area (Å²) in [5, 5.41) is 0. The van der Waals surface area contributed by atoms with Gasteiger partial charge in [0.1, 0.15) is 5.75 Å². The maximum atomic E-state index is 12.8. The number of amides is 2. The second-order valence-corrected chi connectivity index (χ2v) is 7.63. The third kappa shape index (κ3) is 4.57. The number of hydrogen-bond acceptors (Lipinski definition) is 3. The normalized spacial score (nSPS) is 21.5. The molecule has 0 saturated carbocycles. The number of benzene rings is 1. The van der Waals surface area contributed by atoms with Crippen LogP contribution in [0.4, 0.5) is 0 Å². The molecule has 1 aromatic rings. The van der Waals surface area contributed by atoms with Gasteiger partial charge in [-0.3, -0.25) is 9.59 Å². The summed E-state index contributed by atoms with van der Waals surface area (Å²) in [5.74, 6) is 1.85. The van der Waals surface area contributed by atoms with E-state index in [0.29, 0.717) is 12.5 Å². The van der Waals surface area contributed by atoms with Gasteiger partial charge >= 0.3 is 0 Å². The molecule has 0 unspecified atom stereocenters. The van der Waals surface area contributed by atoms with Crippen LogP contribution in [-0.2, 0) is 16.0 Å². The maximum Gasteiger partial charge on any atom is 0.227 e. The Balaban J connectivity index is 1.48. The number of nitrogens with zero attached hydrogens (tertiary/aromatic N) is 2. The first-order valence-corrected chi connectivity index (χ1v) is 9.74. The minimum atomic E-state index is -0.00853. The molecule has 26 heavy (non-hydrogen) atoms. The molecule has 1 atom stereocenters. The molecule has 142 valence electrons. The molecule has 5 heteroatoms. The van der Waals surface area contributed by atoms with Gasteiger partial charge in [0.15, 0.2) is 0 Å². The van der Waals surface area contributed by atoms with Crippen LogP contribution in [0.25, 0.3) is 0 Å². The summed E-state index contributed by atoms with van der Waals surface area (Å²) in [7, 11) is 1.68. The number of carbonyl (C=O) groups is 2. The van der Waals surface area contributed by atoms with E-state index in [9.17, 15) is 9.59 Å². The van der Waals surface area contributed by atoms with Gasteiger partial charge in [-0.05, 0) is 55.7 Å². The molecule has 0 radical (unpaired) electrons. The van der Waals surface area contributed by atoms with E-state index in [1.807, 2.05) is 21.9 Å². The highest BCUT2D eigenvalue weighted by atomic mass is 16.5. The van der Waals surface area contributed by atoms with Gasteiger partial charge in [-0.1, -0.05) is 12.1 Å². The van der Waals surface area contributed by atoms with Gasteiger partial charge < -0.3 is 14.5 Å². The molecule has 2 fully saturated rings. The van der Waals surface area contributed by atoms with E-state index in [-0.39, 0.29) is 17.7 Å². The summed E-state index contributed by atoms with van der Waals surface area (Å²) in [6.45, 7) is 4.67. The smallest absolute Gasteiger partial charge is 0.227 e. The molecule has 0 aromatic heterocycles. The maximum absolute atomic E-state index is 12.8. The zero-order valence-corrected chi connectivity index (χ0v) is 15.9. The summed E-state index contributed by atoms with van der Waals surface area (Å²) >= 11 is 0. The zero-order chi connectivity index (χ0) is 18.5. The number of methoxy groups -OCH3 is 1. The second kappa shape index (κ2) is 8.56. The van der Waals surface area contributed by atoms with Crippen molar-refractivity contribution in [3.63, 3.8) is 0 Å². The predicted octanol–water partition coefficient (Wildman–Crippen LogP) is 2.73. The minimum absolute atomic E-state index is 0.00853. The molecule has 2 saturated heterocycles. The quantitative estimate of drug-likeness (QED) is 0.832. The average molecular weight is 358 g/mol. The van der Waals surface area contributed by atoms with Crippen LogP contribution >= 0.6 is 0 Å². The van der Waals surface area contributed by atoms with Crippen LogP contribution in [-0.4, -0.2) is 54.9 Å². The van der Waals surface area contributed by atoms with Crippen molar-refractivity contribution in [2.45, 2.75) is 39.0 Å². The zero-order valence-electron chi connectivity index (χ0n) is 15.9. The lowest BCUT2D eigenvalue weighted by atomic mass is 9.89. The number of hydrogen-bond donors (Lipinski definition) is 0. The van der Waals surface area contributed by atoms with Gasteiger partial charge in [-0.25, -0.2) is 0 Å². The van der Waals surface area contributed by atoms with Crippen molar-refractivity contribution < 1.29 is 14.3 Å². The molecular formula is C21H30N2O3. The Hall–Kier alpha value is -2.04. The largest absolute Gasteiger partial charge is 0.497 e. The van der Waals surface area contributed by atoms with Crippen LogP contribution in [0.1, 0.15) is 38.2 Å². The van der Waals surface area contributed by atoms with Crippen LogP contribution in [0.3, 0.4) is 0 Å². The third-order valence-corrected chi connectivity index (χ3v) is 5.83. The summed E-state index contributed by atoms with van der Waals surface area (Å²) in [6.07, 6.45) is 5.02. The lowest BCUT2D eigenvalue weighted by molar-refractivity contribution is -0.141. The van der Waals surface area contributed by atoms with Crippen molar-refractivity contribution in [2.24, 2.45) is 11.8 Å². The Bertz CT molecular complexity index is 621. The fourth-order valence-electron chi connectivity index (χ4n) is 4.18. The number of carbonyl (C=O) groups excluding carboxylic acids is 2. The number of ether oxygens (including phenoxy) is 1. The standard InChI is InChI=1S/C21H30N2O3/c1-16(24)23-11-3-4-19(15-23)21(25)22-12-9-18(10-13-22)14-17-5-7-20(26-2)8-6-17/h5-8,18-19H,3-4,9-15H2,1-2H3/t19-/m1/s1. The van der Waals surface area contributed by atoms with Crippen LogP contribution in [0.15, 0.2) is 24.3 Å². The molecule has 2 heterocycles. The fraction of sp³-hybridized carbons (Fsp3) is 0.619. The highest BCUT2D eigenvalue weighted by Gasteiger charge is 2.32. The van der Waals surface area contributed by atoms with Crippen molar-refractivity contribution in [1.29, 1.82) is 0 Å². The van der Waals surface area contributed by atoms with E-state index < -0.39 is 0 Å². The fourth-order valence-corrected chi connectivity index (χ4v) is 4.18.